The topological polar surface area (TPSA) is 77.4 Å². The SMILES string of the molecule is O=C(c1ccc(OC2CCSC2)nc1)N1CCC(Oc2cccnn2)CC1. The summed E-state index contributed by atoms with van der Waals surface area (Å²) >= 11 is 1.90. The first-order valence-electron chi connectivity index (χ1n) is 9.22. The highest BCUT2D eigenvalue weighted by molar-refractivity contribution is 7.99. The van der Waals surface area contributed by atoms with Crippen molar-refractivity contribution in [3.05, 3.63) is 42.2 Å². The Bertz CT molecular complexity index is 745. The molecular formula is C19H22N4O3S. The summed E-state index contributed by atoms with van der Waals surface area (Å²) in [6.45, 7) is 1.31. The smallest absolute Gasteiger partial charge is 0.255 e. The largest absolute Gasteiger partial charge is 0.473 e. The van der Waals surface area contributed by atoms with E-state index < -0.39 is 0 Å². The van der Waals surface area contributed by atoms with Crippen LogP contribution in [0.15, 0.2) is 36.7 Å². The summed E-state index contributed by atoms with van der Waals surface area (Å²) in [5, 5.41) is 7.76. The highest BCUT2D eigenvalue weighted by atomic mass is 32.2. The highest BCUT2D eigenvalue weighted by Crippen LogP contribution is 2.23. The number of pyridine rings is 1. The second-order valence-corrected chi connectivity index (χ2v) is 7.81. The Labute approximate surface area is 162 Å². The van der Waals surface area contributed by atoms with Crippen LogP contribution in [0.3, 0.4) is 0 Å². The van der Waals surface area contributed by atoms with Gasteiger partial charge < -0.3 is 14.4 Å². The molecule has 0 N–H and O–H groups in total. The van der Waals surface area contributed by atoms with Crippen molar-refractivity contribution in [1.29, 1.82) is 0 Å². The first kappa shape index (κ1) is 18.0. The summed E-state index contributed by atoms with van der Waals surface area (Å²) in [5.41, 5.74) is 0.594. The third kappa shape index (κ3) is 4.68. The molecule has 0 aromatic carbocycles. The van der Waals surface area contributed by atoms with E-state index in [4.69, 9.17) is 9.47 Å². The van der Waals surface area contributed by atoms with Crippen molar-refractivity contribution in [2.45, 2.75) is 31.5 Å². The van der Waals surface area contributed by atoms with Crippen LogP contribution in [0.4, 0.5) is 0 Å². The first-order chi connectivity index (χ1) is 13.3. The lowest BCUT2D eigenvalue weighted by atomic mass is 10.1. The quantitative estimate of drug-likeness (QED) is 0.781. The number of ether oxygens (including phenoxy) is 2. The van der Waals surface area contributed by atoms with E-state index in [-0.39, 0.29) is 18.1 Å². The van der Waals surface area contributed by atoms with E-state index in [0.717, 1.165) is 30.8 Å². The average molecular weight is 386 g/mol. The van der Waals surface area contributed by atoms with Gasteiger partial charge in [-0.3, -0.25) is 4.79 Å². The maximum Gasteiger partial charge on any atom is 0.255 e. The molecule has 4 heterocycles. The number of amides is 1. The van der Waals surface area contributed by atoms with E-state index in [1.807, 2.05) is 16.7 Å². The Balaban J connectivity index is 1.28. The zero-order valence-electron chi connectivity index (χ0n) is 15.0. The van der Waals surface area contributed by atoms with Crippen molar-refractivity contribution in [3.63, 3.8) is 0 Å². The number of rotatable bonds is 5. The zero-order valence-corrected chi connectivity index (χ0v) is 15.8. The van der Waals surface area contributed by atoms with Gasteiger partial charge in [-0.05, 0) is 24.3 Å². The molecule has 142 valence electrons. The van der Waals surface area contributed by atoms with Crippen LogP contribution >= 0.6 is 11.8 Å². The second kappa shape index (κ2) is 8.56. The fraction of sp³-hybridized carbons (Fsp3) is 0.474. The highest BCUT2D eigenvalue weighted by Gasteiger charge is 2.25. The molecule has 2 fully saturated rings. The van der Waals surface area contributed by atoms with Crippen molar-refractivity contribution < 1.29 is 14.3 Å². The summed E-state index contributed by atoms with van der Waals surface area (Å²) < 4.78 is 11.7. The van der Waals surface area contributed by atoms with Crippen molar-refractivity contribution in [3.8, 4) is 11.8 Å². The predicted molar refractivity (Wildman–Crippen MR) is 102 cm³/mol. The summed E-state index contributed by atoms with van der Waals surface area (Å²) in [7, 11) is 0. The summed E-state index contributed by atoms with van der Waals surface area (Å²) in [6, 6.07) is 7.19. The number of aromatic nitrogens is 3. The molecule has 1 atom stereocenters. The molecule has 0 bridgehead atoms. The molecule has 2 aromatic heterocycles. The molecule has 8 heteroatoms. The van der Waals surface area contributed by atoms with Crippen LogP contribution in [0.1, 0.15) is 29.6 Å². The lowest BCUT2D eigenvalue weighted by molar-refractivity contribution is 0.0585. The number of piperidine rings is 1. The number of hydrogen-bond acceptors (Lipinski definition) is 7. The molecule has 27 heavy (non-hydrogen) atoms. The Hall–Kier alpha value is -2.35. The third-order valence-corrected chi connectivity index (χ3v) is 5.85. The van der Waals surface area contributed by atoms with Gasteiger partial charge in [0.1, 0.15) is 12.2 Å². The van der Waals surface area contributed by atoms with Crippen LogP contribution in [-0.4, -0.2) is 62.8 Å². The van der Waals surface area contributed by atoms with Crippen LogP contribution in [-0.2, 0) is 0 Å². The average Bonchev–Trinajstić information content (AvgIpc) is 3.22. The Morgan fingerprint density at radius 2 is 1.93 bits per heavy atom. The number of thioether (sulfide) groups is 1. The van der Waals surface area contributed by atoms with Gasteiger partial charge in [0.05, 0.1) is 5.56 Å². The van der Waals surface area contributed by atoms with E-state index in [1.54, 1.807) is 36.7 Å². The van der Waals surface area contributed by atoms with E-state index in [0.29, 0.717) is 30.4 Å². The van der Waals surface area contributed by atoms with E-state index in [9.17, 15) is 4.79 Å². The van der Waals surface area contributed by atoms with Crippen molar-refractivity contribution >= 4 is 17.7 Å². The van der Waals surface area contributed by atoms with Gasteiger partial charge >= 0.3 is 0 Å². The van der Waals surface area contributed by atoms with Crippen LogP contribution in [0.25, 0.3) is 0 Å². The number of nitrogens with zero attached hydrogens (tertiary/aromatic N) is 4. The van der Waals surface area contributed by atoms with E-state index in [2.05, 4.69) is 15.2 Å². The third-order valence-electron chi connectivity index (χ3n) is 4.72. The van der Waals surface area contributed by atoms with Crippen LogP contribution < -0.4 is 9.47 Å². The van der Waals surface area contributed by atoms with Gasteiger partial charge in [0.25, 0.3) is 5.91 Å². The van der Waals surface area contributed by atoms with Gasteiger partial charge in [-0.1, -0.05) is 0 Å². The van der Waals surface area contributed by atoms with Crippen LogP contribution in [0, 0.1) is 0 Å². The second-order valence-electron chi connectivity index (χ2n) is 6.66. The molecular weight excluding hydrogens is 364 g/mol. The molecule has 2 aliphatic rings. The minimum atomic E-state index is 0.00317. The van der Waals surface area contributed by atoms with Gasteiger partial charge in [0.15, 0.2) is 0 Å². The van der Waals surface area contributed by atoms with E-state index in [1.165, 1.54) is 0 Å². The fourth-order valence-electron chi connectivity index (χ4n) is 3.23. The van der Waals surface area contributed by atoms with Crippen molar-refractivity contribution in [2.75, 3.05) is 24.6 Å². The maximum atomic E-state index is 12.7. The standard InChI is InChI=1S/C19H22N4O3S/c24-19(14-3-4-17(20-12-14)26-16-7-11-27-13-16)23-9-5-15(6-10-23)25-18-2-1-8-21-22-18/h1-4,8,12,15-16H,5-7,9-11,13H2. The molecule has 1 unspecified atom stereocenters. The predicted octanol–water partition coefficient (Wildman–Crippen LogP) is 2.44. The van der Waals surface area contributed by atoms with Crippen LogP contribution in [0.2, 0.25) is 0 Å². The van der Waals surface area contributed by atoms with Crippen LogP contribution in [0.5, 0.6) is 11.8 Å². The fourth-order valence-corrected chi connectivity index (χ4v) is 4.33. The number of likely N-dealkylation sites (tertiary alicyclic amines) is 1. The zero-order chi connectivity index (χ0) is 18.5. The van der Waals surface area contributed by atoms with Crippen molar-refractivity contribution in [1.82, 2.24) is 20.1 Å². The van der Waals surface area contributed by atoms with Gasteiger partial charge in [0, 0.05) is 56.2 Å². The molecule has 4 rings (SSSR count). The van der Waals surface area contributed by atoms with Gasteiger partial charge in [-0.15, -0.1) is 5.10 Å². The van der Waals surface area contributed by atoms with Gasteiger partial charge in [0.2, 0.25) is 11.8 Å². The monoisotopic (exact) mass is 386 g/mol. The number of carbonyl (C=O) groups excluding carboxylic acids is 1. The molecule has 0 saturated carbocycles. The molecule has 0 aliphatic carbocycles. The summed E-state index contributed by atoms with van der Waals surface area (Å²) in [5.74, 6) is 3.27. The number of hydrogen-bond donors (Lipinski definition) is 0. The van der Waals surface area contributed by atoms with Crippen molar-refractivity contribution in [2.24, 2.45) is 0 Å². The lowest BCUT2D eigenvalue weighted by Gasteiger charge is -2.31. The molecule has 2 aromatic rings. The van der Waals surface area contributed by atoms with E-state index >= 15 is 0 Å². The molecule has 0 radical (unpaired) electrons. The molecule has 2 aliphatic heterocycles. The molecule has 1 amide bonds. The minimum absolute atomic E-state index is 0.00317. The Morgan fingerprint density at radius 3 is 2.59 bits per heavy atom. The maximum absolute atomic E-state index is 12.7. The number of carbonyl (C=O) groups is 1. The first-order valence-corrected chi connectivity index (χ1v) is 10.4. The Morgan fingerprint density at radius 1 is 1.07 bits per heavy atom. The van der Waals surface area contributed by atoms with Gasteiger partial charge in [-0.25, -0.2) is 4.98 Å². The molecule has 7 nitrogen and oxygen atoms in total. The minimum Gasteiger partial charge on any atom is -0.473 e. The Kier molecular flexibility index (Phi) is 5.72. The molecule has 0 spiro atoms. The summed E-state index contributed by atoms with van der Waals surface area (Å²) in [4.78, 5) is 18.9. The normalized spacial score (nSPS) is 20.4. The lowest BCUT2D eigenvalue weighted by Crippen LogP contribution is -2.41. The summed E-state index contributed by atoms with van der Waals surface area (Å²) in [6.07, 6.45) is 6.12. The van der Waals surface area contributed by atoms with Gasteiger partial charge in [-0.2, -0.15) is 16.9 Å². The molecule has 2 saturated heterocycles.